The highest BCUT2D eigenvalue weighted by Gasteiger charge is 2.37. The predicted octanol–water partition coefficient (Wildman–Crippen LogP) is 6.77. The van der Waals surface area contributed by atoms with E-state index in [4.69, 9.17) is 0 Å². The number of carbonyl (C=O) groups is 4. The molecule has 0 radical (unpaired) electrons. The summed E-state index contributed by atoms with van der Waals surface area (Å²) >= 11 is 0. The monoisotopic (exact) mass is 698 g/mol. The maximum atomic E-state index is 14.4. The van der Waals surface area contributed by atoms with Gasteiger partial charge >= 0.3 is 36.2 Å². The minimum atomic E-state index is -5.04. The van der Waals surface area contributed by atoms with Gasteiger partial charge in [-0.05, 0) is 46.5 Å². The minimum Gasteiger partial charge on any atom is -0.476 e. The molecule has 0 atom stereocenters. The molecule has 0 fully saturated rings. The van der Waals surface area contributed by atoms with Crippen LogP contribution in [-0.2, 0) is 12.4 Å². The highest BCUT2D eigenvalue weighted by molar-refractivity contribution is 6.01. The third-order valence-corrected chi connectivity index (χ3v) is 7.11. The molecule has 50 heavy (non-hydrogen) atoms. The number of aromatic carboxylic acids is 4. The van der Waals surface area contributed by atoms with Crippen molar-refractivity contribution in [2.75, 3.05) is 0 Å². The first kappa shape index (κ1) is 34.6. The van der Waals surface area contributed by atoms with Gasteiger partial charge in [0.25, 0.3) is 0 Å². The van der Waals surface area contributed by atoms with Gasteiger partial charge in [-0.3, -0.25) is 0 Å². The standard InChI is InChI=1S/C32H16F6N4O8/c33-31(34,35)19-7-3-1-5-13(19)15-9-18(22-12-40-24(28(45)46)26(42-22)30(49)50)16(14-6-2-4-8-20(14)32(36,37)38)10-17(15)21-11-39-23(27(43)44)25(41-21)29(47)48/h1-12H,(H,43,44)(H,45,46)(H,47,48)(H,49,50). The second-order valence-corrected chi connectivity index (χ2v) is 10.2. The maximum absolute atomic E-state index is 14.4. The Morgan fingerprint density at radius 2 is 0.780 bits per heavy atom. The molecule has 12 nitrogen and oxygen atoms in total. The first-order chi connectivity index (χ1) is 23.4. The van der Waals surface area contributed by atoms with E-state index in [1.54, 1.807) is 0 Å². The highest BCUT2D eigenvalue weighted by atomic mass is 19.4. The van der Waals surface area contributed by atoms with Crippen molar-refractivity contribution < 1.29 is 65.9 Å². The molecule has 0 spiro atoms. The van der Waals surface area contributed by atoms with Crippen molar-refractivity contribution in [3.05, 3.63) is 107 Å². The fraction of sp³-hybridized carbons (Fsp3) is 0.0625. The van der Waals surface area contributed by atoms with Crippen LogP contribution in [0.25, 0.3) is 44.8 Å². The van der Waals surface area contributed by atoms with Crippen molar-refractivity contribution in [3.63, 3.8) is 0 Å². The Labute approximate surface area is 274 Å². The summed E-state index contributed by atoms with van der Waals surface area (Å²) < 4.78 is 86.1. The molecule has 0 aliphatic carbocycles. The zero-order valence-corrected chi connectivity index (χ0v) is 24.4. The second kappa shape index (κ2) is 12.7. The van der Waals surface area contributed by atoms with E-state index in [1.807, 2.05) is 0 Å². The van der Waals surface area contributed by atoms with E-state index >= 15 is 0 Å². The lowest BCUT2D eigenvalue weighted by atomic mass is 9.85. The summed E-state index contributed by atoms with van der Waals surface area (Å²) in [5.41, 5.74) is -11.2. The van der Waals surface area contributed by atoms with Crippen LogP contribution in [0, 0.1) is 0 Å². The number of benzene rings is 3. The van der Waals surface area contributed by atoms with Crippen molar-refractivity contribution in [1.82, 2.24) is 19.9 Å². The number of nitrogens with zero attached hydrogens (tertiary/aromatic N) is 4. The Morgan fingerprint density at radius 1 is 0.460 bits per heavy atom. The van der Waals surface area contributed by atoms with Gasteiger partial charge in [-0.1, -0.05) is 36.4 Å². The molecule has 0 bridgehead atoms. The molecule has 18 heteroatoms. The zero-order valence-electron chi connectivity index (χ0n) is 24.4. The molecular weight excluding hydrogens is 682 g/mol. The van der Waals surface area contributed by atoms with Gasteiger partial charge in [-0.15, -0.1) is 0 Å². The van der Waals surface area contributed by atoms with Gasteiger partial charge in [0.15, 0.2) is 22.8 Å². The number of hydrogen-bond donors (Lipinski definition) is 4. The predicted molar refractivity (Wildman–Crippen MR) is 157 cm³/mol. The number of hydrogen-bond acceptors (Lipinski definition) is 8. The molecule has 3 aromatic carbocycles. The van der Waals surface area contributed by atoms with Crippen molar-refractivity contribution in [2.24, 2.45) is 0 Å². The number of alkyl halides is 6. The summed E-state index contributed by atoms with van der Waals surface area (Å²) in [6, 6.07) is 9.56. The summed E-state index contributed by atoms with van der Waals surface area (Å²) in [6.07, 6.45) is -8.68. The molecule has 0 saturated heterocycles. The summed E-state index contributed by atoms with van der Waals surface area (Å²) in [6.45, 7) is 0. The number of rotatable bonds is 8. The summed E-state index contributed by atoms with van der Waals surface area (Å²) in [5.74, 6) is -7.44. The van der Waals surface area contributed by atoms with E-state index in [1.165, 1.54) is 12.1 Å². The van der Waals surface area contributed by atoms with Crippen LogP contribution >= 0.6 is 0 Å². The second-order valence-electron chi connectivity index (χ2n) is 10.2. The molecule has 0 aliphatic heterocycles. The van der Waals surface area contributed by atoms with Gasteiger partial charge in [-0.25, -0.2) is 39.1 Å². The van der Waals surface area contributed by atoms with E-state index in [-0.39, 0.29) is 0 Å². The van der Waals surface area contributed by atoms with Crippen LogP contribution in [0.15, 0.2) is 73.1 Å². The molecule has 5 rings (SSSR count). The molecule has 254 valence electrons. The molecule has 0 saturated carbocycles. The number of carboxylic acids is 4. The maximum Gasteiger partial charge on any atom is 0.417 e. The average Bonchev–Trinajstić information content (AvgIpc) is 3.06. The Balaban J connectivity index is 2.02. The molecule has 2 heterocycles. The number of aromatic nitrogens is 4. The number of halogens is 6. The van der Waals surface area contributed by atoms with Crippen LogP contribution in [0.3, 0.4) is 0 Å². The van der Waals surface area contributed by atoms with Crippen molar-refractivity contribution in [3.8, 4) is 44.8 Å². The third-order valence-electron chi connectivity index (χ3n) is 7.11. The quantitative estimate of drug-likeness (QED) is 0.124. The van der Waals surface area contributed by atoms with Gasteiger partial charge < -0.3 is 20.4 Å². The van der Waals surface area contributed by atoms with Crippen LogP contribution in [0.1, 0.15) is 53.1 Å². The van der Waals surface area contributed by atoms with Crippen LogP contribution in [-0.4, -0.2) is 64.2 Å². The number of carboxylic acid groups (broad SMARTS) is 4. The van der Waals surface area contributed by atoms with Gasteiger partial charge in [0, 0.05) is 11.1 Å². The van der Waals surface area contributed by atoms with Gasteiger partial charge in [0.1, 0.15) is 0 Å². The third kappa shape index (κ3) is 6.53. The molecule has 0 amide bonds. The first-order valence-electron chi connectivity index (χ1n) is 13.6. The Morgan fingerprint density at radius 3 is 1.08 bits per heavy atom. The van der Waals surface area contributed by atoms with Crippen molar-refractivity contribution in [2.45, 2.75) is 12.4 Å². The molecular formula is C32H16F6N4O8. The Bertz CT molecular complexity index is 2080. The summed E-state index contributed by atoms with van der Waals surface area (Å²) in [5, 5.41) is 38.2. The molecule has 2 aromatic heterocycles. The lowest BCUT2D eigenvalue weighted by Gasteiger charge is -2.21. The molecule has 5 aromatic rings. The van der Waals surface area contributed by atoms with Crippen LogP contribution in [0.5, 0.6) is 0 Å². The van der Waals surface area contributed by atoms with Crippen LogP contribution < -0.4 is 0 Å². The molecule has 0 aliphatic rings. The average molecular weight is 698 g/mol. The normalized spacial score (nSPS) is 11.6. The Hall–Kier alpha value is -6.72. The molecule has 0 unspecified atom stereocenters. The SMILES string of the molecule is O=C(O)c1ncc(-c2cc(-c3ccccc3C(F)(F)F)c(-c3cnc(C(=O)O)c(C(=O)O)n3)cc2-c2ccccc2C(F)(F)F)nc1C(=O)O. The van der Waals surface area contributed by atoms with E-state index < -0.39 is 115 Å². The summed E-state index contributed by atoms with van der Waals surface area (Å²) in [7, 11) is 0. The van der Waals surface area contributed by atoms with E-state index in [9.17, 15) is 65.9 Å². The smallest absolute Gasteiger partial charge is 0.417 e. The van der Waals surface area contributed by atoms with E-state index in [0.717, 1.165) is 36.4 Å². The molecule has 4 N–H and O–H groups in total. The highest BCUT2D eigenvalue weighted by Crippen LogP contribution is 2.47. The lowest BCUT2D eigenvalue weighted by Crippen LogP contribution is -2.14. The fourth-order valence-electron chi connectivity index (χ4n) is 5.05. The zero-order chi connectivity index (χ0) is 36.7. The van der Waals surface area contributed by atoms with Gasteiger partial charge in [0.05, 0.1) is 34.9 Å². The van der Waals surface area contributed by atoms with E-state index in [2.05, 4.69) is 19.9 Å². The largest absolute Gasteiger partial charge is 0.476 e. The minimum absolute atomic E-state index is 0.460. The van der Waals surface area contributed by atoms with Crippen LogP contribution in [0.2, 0.25) is 0 Å². The topological polar surface area (TPSA) is 201 Å². The van der Waals surface area contributed by atoms with E-state index in [0.29, 0.717) is 24.5 Å². The summed E-state index contributed by atoms with van der Waals surface area (Å²) in [4.78, 5) is 62.0. The fourth-order valence-corrected chi connectivity index (χ4v) is 5.05. The van der Waals surface area contributed by atoms with Crippen molar-refractivity contribution in [1.29, 1.82) is 0 Å². The van der Waals surface area contributed by atoms with Crippen molar-refractivity contribution >= 4 is 23.9 Å². The Kier molecular flexibility index (Phi) is 8.80. The first-order valence-corrected chi connectivity index (χ1v) is 13.6. The van der Waals surface area contributed by atoms with Crippen LogP contribution in [0.4, 0.5) is 26.3 Å². The van der Waals surface area contributed by atoms with Gasteiger partial charge in [-0.2, -0.15) is 26.3 Å². The lowest BCUT2D eigenvalue weighted by molar-refractivity contribution is -0.137. The van der Waals surface area contributed by atoms with Gasteiger partial charge in [0.2, 0.25) is 0 Å².